The Bertz CT molecular complexity index is 1130. The first-order valence-corrected chi connectivity index (χ1v) is 33.2. The van der Waals surface area contributed by atoms with Crippen molar-refractivity contribution in [1.82, 2.24) is 0 Å². The Labute approximate surface area is 456 Å². The zero-order chi connectivity index (χ0) is 52.9. The summed E-state index contributed by atoms with van der Waals surface area (Å²) < 4.78 is 17.0. The Kier molecular flexibility index (Phi) is 61.1. The predicted octanol–water partition coefficient (Wildman–Crippen LogP) is 22.4. The average Bonchev–Trinajstić information content (AvgIpc) is 3.39. The minimum atomic E-state index is -0.769. The third-order valence-corrected chi connectivity index (χ3v) is 15.3. The van der Waals surface area contributed by atoms with Crippen LogP contribution in [-0.4, -0.2) is 37.2 Å². The molecular formula is C67H128O6. The Morgan fingerprint density at radius 1 is 0.260 bits per heavy atom. The highest BCUT2D eigenvalue weighted by atomic mass is 16.6. The molecule has 6 nitrogen and oxygen atoms in total. The summed E-state index contributed by atoms with van der Waals surface area (Å²) in [5, 5.41) is 0. The van der Waals surface area contributed by atoms with Crippen LogP contribution in [0.5, 0.6) is 0 Å². The Morgan fingerprint density at radius 2 is 0.452 bits per heavy atom. The summed E-state index contributed by atoms with van der Waals surface area (Å²) in [5.41, 5.74) is 0. The number of ether oxygens (including phenoxy) is 3. The van der Waals surface area contributed by atoms with Crippen LogP contribution in [0.2, 0.25) is 0 Å². The van der Waals surface area contributed by atoms with Gasteiger partial charge in [-0.25, -0.2) is 0 Å². The number of carbonyl (C=O) groups is 3. The van der Waals surface area contributed by atoms with Gasteiger partial charge in [-0.15, -0.1) is 0 Å². The van der Waals surface area contributed by atoms with E-state index in [9.17, 15) is 14.4 Å². The SMILES string of the molecule is CCCCCCC/C=C\CCCCCCCC(=O)OCC(COC(=O)CCCCCCCCCCCCCCCCCCCCCCCCC)OC(=O)CCCCCCCCCCCCCCCCCCCC. The first-order chi connectivity index (χ1) is 36.0. The van der Waals surface area contributed by atoms with Gasteiger partial charge in [-0.1, -0.05) is 328 Å². The summed E-state index contributed by atoms with van der Waals surface area (Å²) >= 11 is 0. The van der Waals surface area contributed by atoms with Crippen molar-refractivity contribution in [2.75, 3.05) is 13.2 Å². The van der Waals surface area contributed by atoms with Crippen molar-refractivity contribution in [3.63, 3.8) is 0 Å². The number of allylic oxidation sites excluding steroid dienone is 2. The van der Waals surface area contributed by atoms with Gasteiger partial charge in [0.05, 0.1) is 0 Å². The predicted molar refractivity (Wildman–Crippen MR) is 317 cm³/mol. The van der Waals surface area contributed by atoms with E-state index in [0.29, 0.717) is 19.3 Å². The van der Waals surface area contributed by atoms with Crippen molar-refractivity contribution in [1.29, 1.82) is 0 Å². The lowest BCUT2D eigenvalue weighted by Gasteiger charge is -2.18. The molecule has 1 unspecified atom stereocenters. The van der Waals surface area contributed by atoms with E-state index < -0.39 is 6.10 Å². The van der Waals surface area contributed by atoms with E-state index in [2.05, 4.69) is 32.9 Å². The van der Waals surface area contributed by atoms with Crippen molar-refractivity contribution >= 4 is 17.9 Å². The fourth-order valence-electron chi connectivity index (χ4n) is 10.3. The lowest BCUT2D eigenvalue weighted by molar-refractivity contribution is -0.167. The van der Waals surface area contributed by atoms with Crippen LogP contribution >= 0.6 is 0 Å². The Morgan fingerprint density at radius 3 is 0.685 bits per heavy atom. The zero-order valence-corrected chi connectivity index (χ0v) is 49.7. The molecule has 0 saturated heterocycles. The van der Waals surface area contributed by atoms with Gasteiger partial charge in [0.25, 0.3) is 0 Å². The largest absolute Gasteiger partial charge is 0.462 e. The van der Waals surface area contributed by atoms with Crippen LogP contribution in [0.3, 0.4) is 0 Å². The van der Waals surface area contributed by atoms with Crippen LogP contribution in [0.1, 0.15) is 380 Å². The fraction of sp³-hybridized carbons (Fsp3) is 0.925. The topological polar surface area (TPSA) is 78.9 Å². The highest BCUT2D eigenvalue weighted by Gasteiger charge is 2.19. The van der Waals surface area contributed by atoms with E-state index in [0.717, 1.165) is 64.2 Å². The average molecular weight is 1030 g/mol. The zero-order valence-electron chi connectivity index (χ0n) is 49.7. The molecule has 0 saturated carbocycles. The molecule has 0 heterocycles. The number of rotatable bonds is 62. The van der Waals surface area contributed by atoms with Crippen molar-refractivity contribution in [3.8, 4) is 0 Å². The summed E-state index contributed by atoms with van der Waals surface area (Å²) in [6, 6.07) is 0. The van der Waals surface area contributed by atoms with Crippen molar-refractivity contribution < 1.29 is 28.6 Å². The van der Waals surface area contributed by atoms with Gasteiger partial charge >= 0.3 is 17.9 Å². The maximum absolute atomic E-state index is 12.9. The molecule has 0 aliphatic heterocycles. The molecule has 0 aromatic heterocycles. The molecule has 0 aromatic rings. The normalized spacial score (nSPS) is 12.0. The van der Waals surface area contributed by atoms with Crippen LogP contribution < -0.4 is 0 Å². The van der Waals surface area contributed by atoms with Gasteiger partial charge in [-0.3, -0.25) is 14.4 Å². The second kappa shape index (κ2) is 62.7. The molecule has 0 rings (SSSR count). The molecule has 0 fully saturated rings. The molecule has 0 aliphatic carbocycles. The quantitative estimate of drug-likeness (QED) is 0.0261. The summed E-state index contributed by atoms with van der Waals surface area (Å²) in [7, 11) is 0. The molecule has 0 aromatic carbocycles. The van der Waals surface area contributed by atoms with E-state index >= 15 is 0 Å². The number of esters is 3. The fourth-order valence-corrected chi connectivity index (χ4v) is 10.3. The van der Waals surface area contributed by atoms with Gasteiger partial charge in [0.1, 0.15) is 13.2 Å². The number of hydrogen-bond donors (Lipinski definition) is 0. The number of unbranched alkanes of at least 4 members (excludes halogenated alkanes) is 49. The number of carbonyl (C=O) groups excluding carboxylic acids is 3. The molecule has 6 heteroatoms. The van der Waals surface area contributed by atoms with E-state index in [-0.39, 0.29) is 31.1 Å². The molecular weight excluding hydrogens is 901 g/mol. The third kappa shape index (κ3) is 60.9. The van der Waals surface area contributed by atoms with E-state index in [1.165, 1.54) is 276 Å². The van der Waals surface area contributed by atoms with Gasteiger partial charge in [-0.2, -0.15) is 0 Å². The molecule has 0 radical (unpaired) electrons. The summed E-state index contributed by atoms with van der Waals surface area (Å²) in [6.45, 7) is 6.71. The molecule has 0 spiro atoms. The van der Waals surface area contributed by atoms with Gasteiger partial charge < -0.3 is 14.2 Å². The number of hydrogen-bond acceptors (Lipinski definition) is 6. The summed E-state index contributed by atoms with van der Waals surface area (Å²) in [6.07, 6.45) is 73.7. The van der Waals surface area contributed by atoms with Gasteiger partial charge in [-0.05, 0) is 44.9 Å². The van der Waals surface area contributed by atoms with E-state index in [1.807, 2.05) is 0 Å². The van der Waals surface area contributed by atoms with Crippen LogP contribution in [0.15, 0.2) is 12.2 Å². The first-order valence-electron chi connectivity index (χ1n) is 33.2. The van der Waals surface area contributed by atoms with Crippen LogP contribution in [0.25, 0.3) is 0 Å². The summed E-state index contributed by atoms with van der Waals surface area (Å²) in [5.74, 6) is -0.842. The molecule has 0 N–H and O–H groups in total. The van der Waals surface area contributed by atoms with Crippen LogP contribution in [-0.2, 0) is 28.6 Å². The smallest absolute Gasteiger partial charge is 0.306 e. The van der Waals surface area contributed by atoms with Crippen molar-refractivity contribution in [2.24, 2.45) is 0 Å². The van der Waals surface area contributed by atoms with Crippen molar-refractivity contribution in [2.45, 2.75) is 386 Å². The minimum Gasteiger partial charge on any atom is -0.462 e. The molecule has 0 aliphatic rings. The molecule has 432 valence electrons. The highest BCUT2D eigenvalue weighted by Crippen LogP contribution is 2.18. The highest BCUT2D eigenvalue weighted by molar-refractivity contribution is 5.71. The Balaban J connectivity index is 4.24. The van der Waals surface area contributed by atoms with Gasteiger partial charge in [0.15, 0.2) is 6.10 Å². The minimum absolute atomic E-state index is 0.0658. The van der Waals surface area contributed by atoms with Crippen molar-refractivity contribution in [3.05, 3.63) is 12.2 Å². The molecule has 0 bridgehead atoms. The van der Waals surface area contributed by atoms with E-state index in [4.69, 9.17) is 14.2 Å². The second-order valence-electron chi connectivity index (χ2n) is 22.7. The Hall–Kier alpha value is -1.85. The van der Waals surface area contributed by atoms with Gasteiger partial charge in [0.2, 0.25) is 0 Å². The van der Waals surface area contributed by atoms with E-state index in [1.54, 1.807) is 0 Å². The van der Waals surface area contributed by atoms with Crippen LogP contribution in [0, 0.1) is 0 Å². The molecule has 1 atom stereocenters. The maximum atomic E-state index is 12.9. The standard InChI is InChI=1S/C67H128O6/c1-4-7-10-13-16-19-22-25-28-30-32-33-34-35-36-38-39-42-45-48-51-54-57-60-66(69)72-63-64(62-71-65(68)59-56-53-50-47-44-41-27-24-21-18-15-12-9-6-3)73-67(70)61-58-55-52-49-46-43-40-37-31-29-26-23-20-17-14-11-8-5-2/h24,27,64H,4-23,25-26,28-63H2,1-3H3/b27-24-. The maximum Gasteiger partial charge on any atom is 0.306 e. The lowest BCUT2D eigenvalue weighted by Crippen LogP contribution is -2.30. The van der Waals surface area contributed by atoms with Gasteiger partial charge in [0, 0.05) is 19.3 Å². The first kappa shape index (κ1) is 71.2. The summed E-state index contributed by atoms with van der Waals surface area (Å²) in [4.78, 5) is 38.3. The second-order valence-corrected chi connectivity index (χ2v) is 22.7. The monoisotopic (exact) mass is 1030 g/mol. The lowest BCUT2D eigenvalue weighted by atomic mass is 10.0. The third-order valence-electron chi connectivity index (χ3n) is 15.3. The molecule has 73 heavy (non-hydrogen) atoms. The van der Waals surface area contributed by atoms with Crippen LogP contribution in [0.4, 0.5) is 0 Å². The molecule has 0 amide bonds.